The van der Waals surface area contributed by atoms with Gasteiger partial charge in [-0.2, -0.15) is 18.3 Å². The van der Waals surface area contributed by atoms with Crippen molar-refractivity contribution in [1.29, 1.82) is 0 Å². The van der Waals surface area contributed by atoms with E-state index in [0.29, 0.717) is 43.8 Å². The highest BCUT2D eigenvalue weighted by Crippen LogP contribution is 2.37. The Morgan fingerprint density at radius 2 is 1.86 bits per heavy atom. The van der Waals surface area contributed by atoms with Gasteiger partial charge in [0, 0.05) is 43.0 Å². The van der Waals surface area contributed by atoms with Crippen molar-refractivity contribution in [2.75, 3.05) is 32.1 Å². The molecule has 196 valence electrons. The summed E-state index contributed by atoms with van der Waals surface area (Å²) in [5, 5.41) is 6.56. The van der Waals surface area contributed by atoms with Gasteiger partial charge in [-0.05, 0) is 56.4 Å². The number of alkyl halides is 4. The lowest BCUT2D eigenvalue weighted by Gasteiger charge is -2.40. The first-order chi connectivity index (χ1) is 17.2. The lowest BCUT2D eigenvalue weighted by atomic mass is 9.97. The number of methoxy groups -OCH3 is 1. The van der Waals surface area contributed by atoms with Crippen LogP contribution in [-0.2, 0) is 17.4 Å². The minimum Gasteiger partial charge on any atom is -0.497 e. The molecule has 1 saturated heterocycles. The predicted octanol–water partition coefficient (Wildman–Crippen LogP) is 3.96. The Balaban J connectivity index is 1.50. The second-order valence-electron chi connectivity index (χ2n) is 8.93. The van der Waals surface area contributed by atoms with E-state index in [0.717, 1.165) is 22.9 Å². The number of hydrogen-bond acceptors (Lipinski definition) is 5. The number of unbranched alkanes of at least 4 members (excludes halogenated alkanes) is 1. The van der Waals surface area contributed by atoms with Crippen LogP contribution in [0.2, 0.25) is 0 Å². The molecule has 1 N–H and O–H groups in total. The minimum atomic E-state index is -4.66. The van der Waals surface area contributed by atoms with Crippen molar-refractivity contribution < 1.29 is 27.5 Å². The summed E-state index contributed by atoms with van der Waals surface area (Å²) >= 11 is 3.35. The molecule has 0 atom stereocenters. The highest BCUT2D eigenvalue weighted by molar-refractivity contribution is 9.09. The van der Waals surface area contributed by atoms with Gasteiger partial charge in [-0.1, -0.05) is 15.9 Å². The number of hydrogen-bond donors (Lipinski definition) is 1. The number of halogens is 4. The molecule has 0 unspecified atom stereocenters. The van der Waals surface area contributed by atoms with Crippen LogP contribution in [0.25, 0.3) is 5.69 Å². The maximum absolute atomic E-state index is 13.8. The minimum absolute atomic E-state index is 0.0313. The van der Waals surface area contributed by atoms with Crippen molar-refractivity contribution in [1.82, 2.24) is 25.1 Å². The number of nitrogens with zero attached hydrogens (tertiary/aromatic N) is 4. The Morgan fingerprint density at radius 3 is 2.47 bits per heavy atom. The molecular weight excluding hydrogens is 543 g/mol. The number of hydrazine groups is 1. The molecule has 1 aromatic carbocycles. The van der Waals surface area contributed by atoms with E-state index in [2.05, 4.69) is 26.5 Å². The lowest BCUT2D eigenvalue weighted by Crippen LogP contribution is -2.53. The van der Waals surface area contributed by atoms with Gasteiger partial charge in [0.2, 0.25) is 5.91 Å². The number of aromatic nitrogens is 2. The molecule has 12 heteroatoms. The predicted molar refractivity (Wildman–Crippen MR) is 130 cm³/mol. The molecule has 2 aliphatic rings. The third kappa shape index (κ3) is 5.69. The van der Waals surface area contributed by atoms with Gasteiger partial charge < -0.3 is 9.64 Å². The average Bonchev–Trinajstić information content (AvgIpc) is 3.26. The number of benzene rings is 1. The smallest absolute Gasteiger partial charge is 0.435 e. The zero-order valence-electron chi connectivity index (χ0n) is 20.0. The second kappa shape index (κ2) is 11.2. The SMILES string of the molecule is COc1ccc(-n2nc(C(F)(F)F)c3c2C(=O)N(C2CCN(NC(=O)CCCCBr)CC2)CC3)cc1. The van der Waals surface area contributed by atoms with Gasteiger partial charge in [-0.15, -0.1) is 0 Å². The number of piperidine rings is 1. The van der Waals surface area contributed by atoms with Crippen molar-refractivity contribution in [2.24, 2.45) is 0 Å². The summed E-state index contributed by atoms with van der Waals surface area (Å²) in [6.07, 6.45) is -1.16. The van der Waals surface area contributed by atoms with Crippen LogP contribution in [0.1, 0.15) is 53.8 Å². The van der Waals surface area contributed by atoms with Gasteiger partial charge in [-0.25, -0.2) is 9.69 Å². The Kier molecular flexibility index (Phi) is 8.23. The van der Waals surface area contributed by atoms with E-state index in [4.69, 9.17) is 4.74 Å². The van der Waals surface area contributed by atoms with Gasteiger partial charge >= 0.3 is 6.18 Å². The summed E-state index contributed by atoms with van der Waals surface area (Å²) in [4.78, 5) is 27.3. The second-order valence-corrected chi connectivity index (χ2v) is 9.72. The third-order valence-electron chi connectivity index (χ3n) is 6.61. The molecule has 0 aliphatic carbocycles. The normalized spacial score (nSPS) is 17.2. The molecule has 3 heterocycles. The van der Waals surface area contributed by atoms with Crippen LogP contribution in [0.15, 0.2) is 24.3 Å². The topological polar surface area (TPSA) is 79.7 Å². The first kappa shape index (κ1) is 26.5. The summed E-state index contributed by atoms with van der Waals surface area (Å²) in [6.45, 7) is 1.33. The standard InChI is InChI=1S/C24H29BrF3N5O3/c1-36-18-7-5-17(6-8-18)33-21-19(22(30-33)24(26,27)28)11-15-32(23(21)35)16-9-13-31(14-10-16)29-20(34)4-2-3-12-25/h5-8,16H,2-4,9-15H2,1H3,(H,29,34). The number of carbonyl (C=O) groups is 2. The van der Waals surface area contributed by atoms with Crippen molar-refractivity contribution in [3.63, 3.8) is 0 Å². The molecule has 0 bridgehead atoms. The summed E-state index contributed by atoms with van der Waals surface area (Å²) in [5.74, 6) is 0.0641. The fraction of sp³-hybridized carbons (Fsp3) is 0.542. The molecule has 2 aromatic rings. The number of fused-ring (bicyclic) bond motifs is 1. The van der Waals surface area contributed by atoms with E-state index in [1.807, 2.05) is 5.01 Å². The molecule has 1 aromatic heterocycles. The number of ether oxygens (including phenoxy) is 1. The highest BCUT2D eigenvalue weighted by Gasteiger charge is 2.44. The van der Waals surface area contributed by atoms with Crippen LogP contribution >= 0.6 is 15.9 Å². The van der Waals surface area contributed by atoms with Crippen molar-refractivity contribution in [2.45, 2.75) is 50.7 Å². The van der Waals surface area contributed by atoms with Crippen LogP contribution < -0.4 is 10.2 Å². The van der Waals surface area contributed by atoms with Gasteiger partial charge in [-0.3, -0.25) is 15.0 Å². The zero-order valence-corrected chi connectivity index (χ0v) is 21.6. The molecule has 0 spiro atoms. The Labute approximate surface area is 215 Å². The number of amides is 2. The zero-order chi connectivity index (χ0) is 25.9. The van der Waals surface area contributed by atoms with Crippen LogP contribution in [0, 0.1) is 0 Å². The Hall–Kier alpha value is -2.60. The van der Waals surface area contributed by atoms with Crippen LogP contribution in [0.5, 0.6) is 5.75 Å². The van der Waals surface area contributed by atoms with Crippen LogP contribution in [-0.4, -0.2) is 69.6 Å². The van der Waals surface area contributed by atoms with E-state index >= 15 is 0 Å². The van der Waals surface area contributed by atoms with Gasteiger partial charge in [0.05, 0.1) is 12.8 Å². The van der Waals surface area contributed by atoms with Crippen molar-refractivity contribution in [3.8, 4) is 11.4 Å². The summed E-state index contributed by atoms with van der Waals surface area (Å²) in [6, 6.07) is 6.27. The fourth-order valence-corrected chi connectivity index (χ4v) is 5.16. The molecule has 0 saturated carbocycles. The van der Waals surface area contributed by atoms with Crippen LogP contribution in [0.4, 0.5) is 13.2 Å². The first-order valence-electron chi connectivity index (χ1n) is 12.0. The van der Waals surface area contributed by atoms with Crippen molar-refractivity contribution >= 4 is 27.7 Å². The maximum atomic E-state index is 13.8. The van der Waals surface area contributed by atoms with E-state index < -0.39 is 17.8 Å². The van der Waals surface area contributed by atoms with Gasteiger partial charge in [0.25, 0.3) is 5.91 Å². The molecule has 36 heavy (non-hydrogen) atoms. The number of nitrogens with one attached hydrogen (secondary N) is 1. The summed E-state index contributed by atoms with van der Waals surface area (Å²) in [5.41, 5.74) is 2.15. The Bertz CT molecular complexity index is 1080. The molecule has 4 rings (SSSR count). The molecule has 1 fully saturated rings. The molecule has 0 radical (unpaired) electrons. The van der Waals surface area contributed by atoms with Crippen LogP contribution in [0.3, 0.4) is 0 Å². The summed E-state index contributed by atoms with van der Waals surface area (Å²) in [7, 11) is 1.50. The van der Waals surface area contributed by atoms with E-state index in [-0.39, 0.29) is 36.2 Å². The van der Waals surface area contributed by atoms with E-state index in [9.17, 15) is 22.8 Å². The molecule has 2 aliphatic heterocycles. The van der Waals surface area contributed by atoms with E-state index in [1.54, 1.807) is 29.2 Å². The maximum Gasteiger partial charge on any atom is 0.435 e. The monoisotopic (exact) mass is 571 g/mol. The molecule has 8 nitrogen and oxygen atoms in total. The largest absolute Gasteiger partial charge is 0.497 e. The number of carbonyl (C=O) groups excluding carboxylic acids is 2. The lowest BCUT2D eigenvalue weighted by molar-refractivity contribution is -0.142. The first-order valence-corrected chi connectivity index (χ1v) is 13.1. The third-order valence-corrected chi connectivity index (χ3v) is 7.17. The quantitative estimate of drug-likeness (QED) is 0.383. The highest BCUT2D eigenvalue weighted by atomic mass is 79.9. The Morgan fingerprint density at radius 1 is 1.17 bits per heavy atom. The number of rotatable bonds is 8. The van der Waals surface area contributed by atoms with Gasteiger partial charge in [0.1, 0.15) is 11.4 Å². The summed E-state index contributed by atoms with van der Waals surface area (Å²) < 4.78 is 47.6. The van der Waals surface area contributed by atoms with E-state index in [1.165, 1.54) is 7.11 Å². The average molecular weight is 572 g/mol. The molecule has 2 amide bonds. The van der Waals surface area contributed by atoms with Gasteiger partial charge in [0.15, 0.2) is 5.69 Å². The molecular formula is C24H29BrF3N5O3. The fourth-order valence-electron chi connectivity index (χ4n) is 4.76. The van der Waals surface area contributed by atoms with Crippen molar-refractivity contribution in [3.05, 3.63) is 41.2 Å².